The zero-order valence-electron chi connectivity index (χ0n) is 12.4. The van der Waals surface area contributed by atoms with Crippen molar-refractivity contribution in [2.45, 2.75) is 20.0 Å². The van der Waals surface area contributed by atoms with Gasteiger partial charge in [0.25, 0.3) is 0 Å². The second kappa shape index (κ2) is 6.95. The second-order valence-corrected chi connectivity index (χ2v) is 6.61. The Kier molecular flexibility index (Phi) is 4.76. The largest absolute Gasteiger partial charge is 0.347 e. The second-order valence-electron chi connectivity index (χ2n) is 5.17. The van der Waals surface area contributed by atoms with Gasteiger partial charge in [-0.3, -0.25) is 0 Å². The van der Waals surface area contributed by atoms with Crippen molar-refractivity contribution in [2.75, 3.05) is 4.90 Å². The number of halogens is 1. The van der Waals surface area contributed by atoms with Crippen LogP contribution >= 0.6 is 22.9 Å². The van der Waals surface area contributed by atoms with Crippen LogP contribution in [0.4, 0.5) is 5.82 Å². The lowest BCUT2D eigenvalue weighted by Gasteiger charge is -2.25. The Morgan fingerprint density at radius 3 is 2.64 bits per heavy atom. The highest BCUT2D eigenvalue weighted by Gasteiger charge is 2.14. The van der Waals surface area contributed by atoms with Gasteiger partial charge in [-0.2, -0.15) is 0 Å². The minimum Gasteiger partial charge on any atom is -0.347 e. The molecular weight excluding hydrogens is 312 g/mol. The van der Waals surface area contributed by atoms with Crippen LogP contribution in [-0.2, 0) is 13.1 Å². The van der Waals surface area contributed by atoms with E-state index in [9.17, 15) is 0 Å². The Labute approximate surface area is 140 Å². The smallest absolute Gasteiger partial charge is 0.132 e. The fraction of sp³-hybridized carbons (Fsp3) is 0.167. The van der Waals surface area contributed by atoms with E-state index in [2.05, 4.69) is 46.5 Å². The first-order chi connectivity index (χ1) is 10.7. The quantitative estimate of drug-likeness (QED) is 0.630. The monoisotopic (exact) mass is 328 g/mol. The molecule has 0 aliphatic rings. The van der Waals surface area contributed by atoms with E-state index in [-0.39, 0.29) is 0 Å². The molecular formula is C18H17ClN2S. The Balaban J connectivity index is 1.92. The van der Waals surface area contributed by atoms with E-state index in [1.807, 2.05) is 30.5 Å². The summed E-state index contributed by atoms with van der Waals surface area (Å²) in [5.74, 6) is 1.01. The lowest BCUT2D eigenvalue weighted by Crippen LogP contribution is -2.23. The first-order valence-electron chi connectivity index (χ1n) is 7.16. The first kappa shape index (κ1) is 15.1. The van der Waals surface area contributed by atoms with Gasteiger partial charge in [-0.25, -0.2) is 4.98 Å². The third kappa shape index (κ3) is 3.49. The van der Waals surface area contributed by atoms with Gasteiger partial charge in [0.15, 0.2) is 0 Å². The van der Waals surface area contributed by atoms with Gasteiger partial charge in [-0.05, 0) is 41.6 Å². The summed E-state index contributed by atoms with van der Waals surface area (Å²) in [6.45, 7) is 3.67. The number of hydrogen-bond donors (Lipinski definition) is 0. The van der Waals surface area contributed by atoms with E-state index in [4.69, 9.17) is 11.6 Å². The predicted octanol–water partition coefficient (Wildman–Crippen LogP) is 5.31. The maximum Gasteiger partial charge on any atom is 0.132 e. The van der Waals surface area contributed by atoms with Crippen LogP contribution in [0.1, 0.15) is 16.0 Å². The van der Waals surface area contributed by atoms with Crippen LogP contribution in [0, 0.1) is 6.92 Å². The average Bonchev–Trinajstić information content (AvgIpc) is 3.02. The van der Waals surface area contributed by atoms with Crippen molar-refractivity contribution in [2.24, 2.45) is 0 Å². The Morgan fingerprint density at radius 1 is 1.05 bits per heavy atom. The summed E-state index contributed by atoms with van der Waals surface area (Å²) in [6, 6.07) is 16.3. The van der Waals surface area contributed by atoms with Crippen molar-refractivity contribution in [1.29, 1.82) is 0 Å². The SMILES string of the molecule is Cc1cccnc1N(Cc1cccs1)Cc1ccccc1Cl. The summed E-state index contributed by atoms with van der Waals surface area (Å²) in [7, 11) is 0. The Hall–Kier alpha value is -1.84. The number of aryl methyl sites for hydroxylation is 1. The molecule has 0 amide bonds. The molecule has 0 atom stereocenters. The molecule has 0 aliphatic carbocycles. The molecule has 0 saturated heterocycles. The molecule has 0 radical (unpaired) electrons. The van der Waals surface area contributed by atoms with E-state index < -0.39 is 0 Å². The molecule has 0 unspecified atom stereocenters. The molecule has 22 heavy (non-hydrogen) atoms. The lowest BCUT2D eigenvalue weighted by atomic mass is 10.2. The highest BCUT2D eigenvalue weighted by atomic mass is 35.5. The zero-order valence-corrected chi connectivity index (χ0v) is 13.9. The molecule has 1 aromatic carbocycles. The number of nitrogens with zero attached hydrogens (tertiary/aromatic N) is 2. The molecule has 4 heteroatoms. The minimum atomic E-state index is 0.745. The molecule has 112 valence electrons. The summed E-state index contributed by atoms with van der Waals surface area (Å²) in [5.41, 5.74) is 2.29. The number of benzene rings is 1. The third-order valence-corrected chi connectivity index (χ3v) is 4.76. The van der Waals surface area contributed by atoms with Crippen LogP contribution in [0.5, 0.6) is 0 Å². The zero-order chi connectivity index (χ0) is 15.4. The van der Waals surface area contributed by atoms with E-state index in [1.54, 1.807) is 11.3 Å². The molecule has 3 aromatic rings. The van der Waals surface area contributed by atoms with E-state index in [1.165, 1.54) is 10.4 Å². The fourth-order valence-corrected chi connectivity index (χ4v) is 3.35. The van der Waals surface area contributed by atoms with Crippen LogP contribution in [0.3, 0.4) is 0 Å². The standard InChI is InChI=1S/C18H17ClN2S/c1-14-6-4-10-20-18(14)21(13-16-8-5-11-22-16)12-15-7-2-3-9-17(15)19/h2-11H,12-13H2,1H3. The summed E-state index contributed by atoms with van der Waals surface area (Å²) < 4.78 is 0. The van der Waals surface area contributed by atoms with E-state index >= 15 is 0 Å². The highest BCUT2D eigenvalue weighted by molar-refractivity contribution is 7.09. The van der Waals surface area contributed by atoms with Crippen molar-refractivity contribution in [3.63, 3.8) is 0 Å². The van der Waals surface area contributed by atoms with Gasteiger partial charge in [0.1, 0.15) is 5.82 Å². The number of pyridine rings is 1. The molecule has 0 bridgehead atoms. The molecule has 2 aromatic heterocycles. The number of anilines is 1. The summed E-state index contributed by atoms with van der Waals surface area (Å²) in [4.78, 5) is 8.17. The first-order valence-corrected chi connectivity index (χ1v) is 8.42. The van der Waals surface area contributed by atoms with Crippen molar-refractivity contribution in [3.8, 4) is 0 Å². The van der Waals surface area contributed by atoms with Crippen LogP contribution < -0.4 is 4.90 Å². The number of hydrogen-bond acceptors (Lipinski definition) is 3. The van der Waals surface area contributed by atoms with E-state index in [0.29, 0.717) is 0 Å². The summed E-state index contributed by atoms with van der Waals surface area (Å²) in [6.07, 6.45) is 1.84. The topological polar surface area (TPSA) is 16.1 Å². The van der Waals surface area contributed by atoms with Crippen molar-refractivity contribution < 1.29 is 0 Å². The average molecular weight is 329 g/mol. The van der Waals surface area contributed by atoms with Crippen LogP contribution in [0.15, 0.2) is 60.1 Å². The van der Waals surface area contributed by atoms with Crippen LogP contribution in [0.25, 0.3) is 0 Å². The summed E-state index contributed by atoms with van der Waals surface area (Å²) in [5, 5.41) is 2.90. The third-order valence-electron chi connectivity index (χ3n) is 3.53. The van der Waals surface area contributed by atoms with Crippen LogP contribution in [-0.4, -0.2) is 4.98 Å². The Bertz CT molecular complexity index is 740. The maximum absolute atomic E-state index is 6.33. The minimum absolute atomic E-state index is 0.745. The molecule has 0 N–H and O–H groups in total. The van der Waals surface area contributed by atoms with Gasteiger partial charge < -0.3 is 4.90 Å². The number of rotatable bonds is 5. The number of thiophene rings is 1. The molecule has 0 aliphatic heterocycles. The maximum atomic E-state index is 6.33. The van der Waals surface area contributed by atoms with Crippen molar-refractivity contribution >= 4 is 28.8 Å². The van der Waals surface area contributed by atoms with Gasteiger partial charge in [-0.15, -0.1) is 11.3 Å². The Morgan fingerprint density at radius 2 is 1.91 bits per heavy atom. The molecule has 3 rings (SSSR count). The number of aromatic nitrogens is 1. The van der Waals surface area contributed by atoms with Crippen molar-refractivity contribution in [3.05, 3.63) is 81.1 Å². The lowest BCUT2D eigenvalue weighted by molar-refractivity contribution is 0.787. The van der Waals surface area contributed by atoms with Crippen molar-refractivity contribution in [1.82, 2.24) is 4.98 Å². The van der Waals surface area contributed by atoms with Gasteiger partial charge in [0.05, 0.1) is 6.54 Å². The molecule has 0 fully saturated rings. The molecule has 2 heterocycles. The van der Waals surface area contributed by atoms with Gasteiger partial charge >= 0.3 is 0 Å². The fourth-order valence-electron chi connectivity index (χ4n) is 2.44. The molecule has 0 saturated carbocycles. The molecule has 2 nitrogen and oxygen atoms in total. The predicted molar refractivity (Wildman–Crippen MR) is 94.6 cm³/mol. The highest BCUT2D eigenvalue weighted by Crippen LogP contribution is 2.25. The van der Waals surface area contributed by atoms with Crippen LogP contribution in [0.2, 0.25) is 5.02 Å². The summed E-state index contributed by atoms with van der Waals surface area (Å²) >= 11 is 8.10. The van der Waals surface area contributed by atoms with E-state index in [0.717, 1.165) is 29.5 Å². The van der Waals surface area contributed by atoms with Gasteiger partial charge in [0.2, 0.25) is 0 Å². The van der Waals surface area contributed by atoms with Gasteiger partial charge in [0, 0.05) is 22.6 Å². The molecule has 0 spiro atoms. The normalized spacial score (nSPS) is 10.6. The van der Waals surface area contributed by atoms with Gasteiger partial charge in [-0.1, -0.05) is 41.9 Å².